The zero-order chi connectivity index (χ0) is 16.8. The van der Waals surface area contributed by atoms with Crippen LogP contribution in [-0.4, -0.2) is 18.0 Å². The Morgan fingerprint density at radius 2 is 1.83 bits per heavy atom. The summed E-state index contributed by atoms with van der Waals surface area (Å²) in [6.45, 7) is 3.59. The van der Waals surface area contributed by atoms with Gasteiger partial charge in [0.2, 0.25) is 0 Å². The summed E-state index contributed by atoms with van der Waals surface area (Å²) < 4.78 is 5.32. The van der Waals surface area contributed by atoms with E-state index in [4.69, 9.17) is 10.5 Å². The van der Waals surface area contributed by atoms with Crippen molar-refractivity contribution in [2.75, 3.05) is 11.1 Å². The first-order chi connectivity index (χ1) is 11.0. The highest BCUT2D eigenvalue weighted by molar-refractivity contribution is 5.99. The van der Waals surface area contributed by atoms with E-state index in [-0.39, 0.29) is 11.5 Å². The van der Waals surface area contributed by atoms with E-state index in [1.54, 1.807) is 31.2 Å². The van der Waals surface area contributed by atoms with Gasteiger partial charge in [0.15, 0.2) is 6.10 Å². The van der Waals surface area contributed by atoms with Gasteiger partial charge < -0.3 is 15.8 Å². The number of nitrogens with two attached hydrogens (primary N) is 1. The second-order valence-electron chi connectivity index (χ2n) is 5.19. The van der Waals surface area contributed by atoms with Crippen molar-refractivity contribution in [1.82, 2.24) is 0 Å². The molecule has 5 nitrogen and oxygen atoms in total. The summed E-state index contributed by atoms with van der Waals surface area (Å²) in [5.74, 6) is -0.959. The Kier molecular flexibility index (Phi) is 5.36. The van der Waals surface area contributed by atoms with Crippen LogP contribution >= 0.6 is 0 Å². The number of carbonyl (C=O) groups is 2. The number of benzene rings is 2. The maximum absolute atomic E-state index is 12.3. The monoisotopic (exact) mass is 312 g/mol. The van der Waals surface area contributed by atoms with Gasteiger partial charge in [-0.3, -0.25) is 4.79 Å². The van der Waals surface area contributed by atoms with Crippen LogP contribution in [0.4, 0.5) is 11.4 Å². The van der Waals surface area contributed by atoms with Gasteiger partial charge in [-0.2, -0.15) is 0 Å². The van der Waals surface area contributed by atoms with E-state index in [1.165, 1.54) is 0 Å². The summed E-state index contributed by atoms with van der Waals surface area (Å²) in [6.07, 6.45) is -0.501. The number of aryl methyl sites for hydroxylation is 1. The molecule has 1 atom stereocenters. The van der Waals surface area contributed by atoms with Gasteiger partial charge in [-0.25, -0.2) is 4.79 Å². The summed E-state index contributed by atoms with van der Waals surface area (Å²) >= 11 is 0. The van der Waals surface area contributed by atoms with Crippen LogP contribution in [0.1, 0.15) is 29.3 Å². The van der Waals surface area contributed by atoms with Crippen LogP contribution in [0.25, 0.3) is 0 Å². The van der Waals surface area contributed by atoms with Gasteiger partial charge in [-0.15, -0.1) is 0 Å². The van der Waals surface area contributed by atoms with Gasteiger partial charge in [-0.05, 0) is 37.1 Å². The third-order valence-electron chi connectivity index (χ3n) is 3.50. The average Bonchev–Trinajstić information content (AvgIpc) is 2.55. The molecule has 2 aromatic rings. The van der Waals surface area contributed by atoms with Crippen molar-refractivity contribution in [1.29, 1.82) is 0 Å². The summed E-state index contributed by atoms with van der Waals surface area (Å²) in [4.78, 5) is 24.5. The van der Waals surface area contributed by atoms with Crippen LogP contribution in [0.5, 0.6) is 0 Å². The molecule has 1 amide bonds. The van der Waals surface area contributed by atoms with Crippen molar-refractivity contribution in [3.63, 3.8) is 0 Å². The minimum absolute atomic E-state index is 0.274. The number of nitrogen functional groups attached to an aromatic ring is 1. The average molecular weight is 312 g/mol. The van der Waals surface area contributed by atoms with Crippen molar-refractivity contribution in [2.24, 2.45) is 0 Å². The lowest BCUT2D eigenvalue weighted by atomic mass is 10.1. The molecule has 23 heavy (non-hydrogen) atoms. The van der Waals surface area contributed by atoms with E-state index in [0.29, 0.717) is 17.8 Å². The van der Waals surface area contributed by atoms with Gasteiger partial charge in [-0.1, -0.05) is 37.3 Å². The second-order valence-corrected chi connectivity index (χ2v) is 5.19. The molecule has 0 aromatic heterocycles. The van der Waals surface area contributed by atoms with Crippen molar-refractivity contribution >= 4 is 23.3 Å². The highest BCUT2D eigenvalue weighted by Crippen LogP contribution is 2.19. The Labute approximate surface area is 135 Å². The molecule has 0 heterocycles. The Morgan fingerprint density at radius 3 is 2.48 bits per heavy atom. The number of amides is 1. The molecule has 2 rings (SSSR count). The molecule has 0 aliphatic heterocycles. The predicted octanol–water partition coefficient (Wildman–Crippen LogP) is 3.15. The second kappa shape index (κ2) is 7.45. The number of nitrogens with one attached hydrogen (secondary N) is 1. The van der Waals surface area contributed by atoms with Crippen molar-refractivity contribution < 1.29 is 14.3 Å². The van der Waals surface area contributed by atoms with Gasteiger partial charge >= 0.3 is 5.97 Å². The molecule has 5 heteroatoms. The lowest BCUT2D eigenvalue weighted by Gasteiger charge is -2.17. The number of anilines is 2. The molecule has 0 fully saturated rings. The number of hydrogen-bond donors (Lipinski definition) is 2. The van der Waals surface area contributed by atoms with Crippen molar-refractivity contribution in [3.05, 3.63) is 59.7 Å². The minimum atomic E-state index is -0.873. The summed E-state index contributed by atoms with van der Waals surface area (Å²) in [6, 6.07) is 14.2. The number of rotatable bonds is 5. The molecule has 0 saturated carbocycles. The molecule has 0 saturated heterocycles. The fraction of sp³-hybridized carbons (Fsp3) is 0.222. The Hall–Kier alpha value is -2.82. The molecule has 0 aliphatic carbocycles. The van der Waals surface area contributed by atoms with E-state index < -0.39 is 12.1 Å². The number of ether oxygens (including phenoxy) is 1. The first kappa shape index (κ1) is 16.5. The third kappa shape index (κ3) is 4.10. The molecule has 3 N–H and O–H groups in total. The third-order valence-corrected chi connectivity index (χ3v) is 3.50. The van der Waals surface area contributed by atoms with Gasteiger partial charge in [0.05, 0.1) is 5.56 Å². The zero-order valence-corrected chi connectivity index (χ0v) is 13.2. The van der Waals surface area contributed by atoms with Gasteiger partial charge in [0, 0.05) is 11.4 Å². The van der Waals surface area contributed by atoms with Crippen LogP contribution in [0, 0.1) is 6.92 Å². The molecule has 1 unspecified atom stereocenters. The summed E-state index contributed by atoms with van der Waals surface area (Å²) in [5.41, 5.74) is 7.99. The highest BCUT2D eigenvalue weighted by Gasteiger charge is 2.23. The highest BCUT2D eigenvalue weighted by atomic mass is 16.5. The normalized spacial score (nSPS) is 11.6. The molecular weight excluding hydrogens is 292 g/mol. The fourth-order valence-corrected chi connectivity index (χ4v) is 2.12. The van der Waals surface area contributed by atoms with Crippen molar-refractivity contribution in [3.8, 4) is 0 Å². The molecule has 0 spiro atoms. The van der Waals surface area contributed by atoms with Crippen LogP contribution in [-0.2, 0) is 9.53 Å². The van der Waals surface area contributed by atoms with Crippen LogP contribution < -0.4 is 11.1 Å². The predicted molar refractivity (Wildman–Crippen MR) is 90.2 cm³/mol. The van der Waals surface area contributed by atoms with Gasteiger partial charge in [0.25, 0.3) is 5.91 Å². The quantitative estimate of drug-likeness (QED) is 0.656. The molecular formula is C18H20N2O3. The van der Waals surface area contributed by atoms with E-state index in [9.17, 15) is 9.59 Å². The number of para-hydroxylation sites is 2. The smallest absolute Gasteiger partial charge is 0.341 e. The SMILES string of the molecule is CCC(OC(=O)c1cccc(C)c1N)C(=O)Nc1ccccc1. The molecule has 2 aromatic carbocycles. The standard InChI is InChI=1S/C18H20N2O3/c1-3-15(17(21)20-13-9-5-4-6-10-13)23-18(22)14-11-7-8-12(2)16(14)19/h4-11,15H,3,19H2,1-2H3,(H,20,21). The van der Waals surface area contributed by atoms with E-state index >= 15 is 0 Å². The molecule has 120 valence electrons. The maximum Gasteiger partial charge on any atom is 0.341 e. The summed E-state index contributed by atoms with van der Waals surface area (Å²) in [7, 11) is 0. The van der Waals surface area contributed by atoms with Crippen LogP contribution in [0.15, 0.2) is 48.5 Å². The van der Waals surface area contributed by atoms with E-state index in [1.807, 2.05) is 31.2 Å². The summed E-state index contributed by atoms with van der Waals surface area (Å²) in [5, 5.41) is 2.73. The molecule has 0 aliphatic rings. The largest absolute Gasteiger partial charge is 0.449 e. The Morgan fingerprint density at radius 1 is 1.13 bits per heavy atom. The Bertz CT molecular complexity index is 699. The first-order valence-corrected chi connectivity index (χ1v) is 7.45. The Balaban J connectivity index is 2.08. The minimum Gasteiger partial charge on any atom is -0.449 e. The first-order valence-electron chi connectivity index (χ1n) is 7.45. The number of esters is 1. The van der Waals surface area contributed by atoms with E-state index in [0.717, 1.165) is 5.56 Å². The molecule has 0 bridgehead atoms. The van der Waals surface area contributed by atoms with Crippen molar-refractivity contribution in [2.45, 2.75) is 26.4 Å². The van der Waals surface area contributed by atoms with Crippen LogP contribution in [0.3, 0.4) is 0 Å². The van der Waals surface area contributed by atoms with Crippen LogP contribution in [0.2, 0.25) is 0 Å². The molecule has 0 radical (unpaired) electrons. The van der Waals surface area contributed by atoms with E-state index in [2.05, 4.69) is 5.32 Å². The lowest BCUT2D eigenvalue weighted by Crippen LogP contribution is -2.32. The topological polar surface area (TPSA) is 81.4 Å². The number of hydrogen-bond acceptors (Lipinski definition) is 4. The zero-order valence-electron chi connectivity index (χ0n) is 13.2. The number of carbonyl (C=O) groups excluding carboxylic acids is 2. The maximum atomic E-state index is 12.3. The lowest BCUT2D eigenvalue weighted by molar-refractivity contribution is -0.124. The van der Waals surface area contributed by atoms with Gasteiger partial charge in [0.1, 0.15) is 0 Å². The fourth-order valence-electron chi connectivity index (χ4n) is 2.12.